The first-order valence-electron chi connectivity index (χ1n) is 6.07. The Morgan fingerprint density at radius 1 is 0.792 bits per heavy atom. The maximum Gasteiger partial charge on any atom is 0.673 e. The molecule has 2 aromatic rings. The van der Waals surface area contributed by atoms with E-state index in [4.69, 9.17) is 0 Å². The van der Waals surface area contributed by atoms with Crippen LogP contribution in [-0.2, 0) is 0 Å². The molecule has 12 heteroatoms. The maximum absolute atomic E-state index is 10.7. The lowest BCUT2D eigenvalue weighted by Crippen LogP contribution is -3.61. The lowest BCUT2D eigenvalue weighted by Gasteiger charge is -1.94. The van der Waals surface area contributed by atoms with Gasteiger partial charge in [0.25, 0.3) is 11.4 Å². The number of nitro groups is 2. The van der Waals surface area contributed by atoms with Crippen LogP contribution in [0.25, 0.3) is 0 Å². The minimum atomic E-state index is -6.00. The monoisotopic (exact) mass is 458 g/mol. The summed E-state index contributed by atoms with van der Waals surface area (Å²) in [6, 6.07) is 12.8. The zero-order valence-corrected chi connectivity index (χ0v) is 13.8. The molecule has 128 valence electrons. The summed E-state index contributed by atoms with van der Waals surface area (Å²) in [5.74, 6) is 0. The number of rotatable bonds is 4. The Labute approximate surface area is 143 Å². The summed E-state index contributed by atoms with van der Waals surface area (Å²) >= 11 is -0.665. The first-order chi connectivity index (χ1) is 11.1. The van der Waals surface area contributed by atoms with E-state index in [9.17, 15) is 37.5 Å². The lowest BCUT2D eigenvalue weighted by molar-refractivity contribution is -0.598. The number of nitrogens with zero attached hydrogens (tertiary/aromatic N) is 2. The Kier molecular flexibility index (Phi) is 7.07. The number of hydrogen-bond acceptors (Lipinski definition) is 4. The molecule has 0 N–H and O–H groups in total. The molecule has 0 aliphatic rings. The van der Waals surface area contributed by atoms with E-state index in [1.165, 1.54) is 24.3 Å². The van der Waals surface area contributed by atoms with Crippen LogP contribution in [0.5, 0.6) is 0 Å². The van der Waals surface area contributed by atoms with Gasteiger partial charge >= 0.3 is 28.5 Å². The molecular formula is C12H8BF4IN2O4. The fraction of sp³-hybridized carbons (Fsp3) is 0. The zero-order chi connectivity index (χ0) is 18.3. The molecule has 0 unspecified atom stereocenters. The highest BCUT2D eigenvalue weighted by Crippen LogP contribution is 2.09. The number of benzene rings is 2. The second-order valence-corrected chi connectivity index (χ2v) is 7.09. The average molecular weight is 458 g/mol. The van der Waals surface area contributed by atoms with Gasteiger partial charge in [0, 0.05) is 12.1 Å². The third kappa shape index (κ3) is 7.85. The van der Waals surface area contributed by atoms with Crippen LogP contribution in [0, 0.1) is 27.4 Å². The molecule has 0 radical (unpaired) electrons. The molecule has 0 heterocycles. The summed E-state index contributed by atoms with van der Waals surface area (Å²) in [5, 5.41) is 21.4. The quantitative estimate of drug-likeness (QED) is 0.225. The minimum absolute atomic E-state index is 0.0441. The number of nitro benzene ring substituents is 2. The van der Waals surface area contributed by atoms with Crippen molar-refractivity contribution in [2.24, 2.45) is 0 Å². The van der Waals surface area contributed by atoms with Crippen molar-refractivity contribution in [2.75, 3.05) is 0 Å². The molecule has 0 aliphatic heterocycles. The fourth-order valence-corrected chi connectivity index (χ4v) is 3.87. The Balaban J connectivity index is 0.000000505. The molecule has 0 saturated heterocycles. The van der Waals surface area contributed by atoms with Crippen LogP contribution in [-0.4, -0.2) is 17.1 Å². The van der Waals surface area contributed by atoms with Crippen molar-refractivity contribution in [3.05, 3.63) is 75.9 Å². The predicted octanol–water partition coefficient (Wildman–Crippen LogP) is 0.931. The maximum atomic E-state index is 10.7. The molecule has 0 amide bonds. The largest absolute Gasteiger partial charge is 0.673 e. The summed E-state index contributed by atoms with van der Waals surface area (Å²) in [4.78, 5) is 20.5. The van der Waals surface area contributed by atoms with Gasteiger partial charge in [-0.1, -0.05) is 12.1 Å². The second kappa shape index (κ2) is 8.56. The van der Waals surface area contributed by atoms with Gasteiger partial charge < -0.3 is 17.3 Å². The SMILES string of the molecule is F[B-](F)(F)F.O=[N+]([O-])c1cccc([I+]c2cccc([N+](=O)[O-])c2)c1. The van der Waals surface area contributed by atoms with Crippen molar-refractivity contribution in [2.45, 2.75) is 0 Å². The van der Waals surface area contributed by atoms with Crippen LogP contribution in [0.1, 0.15) is 0 Å². The second-order valence-electron chi connectivity index (χ2n) is 4.06. The smallest absolute Gasteiger partial charge is 0.418 e. The van der Waals surface area contributed by atoms with Crippen molar-refractivity contribution in [3.8, 4) is 0 Å². The molecule has 0 bridgehead atoms. The van der Waals surface area contributed by atoms with Gasteiger partial charge in [0.1, 0.15) is 0 Å². The normalized spacial score (nSPS) is 10.5. The average Bonchev–Trinajstić information content (AvgIpc) is 2.46. The number of halogens is 5. The summed E-state index contributed by atoms with van der Waals surface area (Å²) in [5.41, 5.74) is 0.0882. The summed E-state index contributed by atoms with van der Waals surface area (Å²) in [7, 11) is -6.00. The van der Waals surface area contributed by atoms with Crippen LogP contribution in [0.3, 0.4) is 0 Å². The highest BCUT2D eigenvalue weighted by atomic mass is 127. The molecule has 2 rings (SSSR count). The van der Waals surface area contributed by atoms with E-state index in [1.807, 2.05) is 0 Å². The topological polar surface area (TPSA) is 86.3 Å². The van der Waals surface area contributed by atoms with Crippen LogP contribution in [0.15, 0.2) is 48.5 Å². The molecule has 0 saturated carbocycles. The van der Waals surface area contributed by atoms with E-state index in [0.29, 0.717) is 0 Å². The summed E-state index contributed by atoms with van der Waals surface area (Å²) < 4.78 is 40.7. The highest BCUT2D eigenvalue weighted by Gasteiger charge is 2.21. The Morgan fingerprint density at radius 3 is 1.42 bits per heavy atom. The van der Waals surface area contributed by atoms with Gasteiger partial charge in [-0.05, 0) is 12.1 Å². The summed E-state index contributed by atoms with van der Waals surface area (Å²) in [6.45, 7) is 0. The van der Waals surface area contributed by atoms with E-state index < -0.39 is 38.3 Å². The molecule has 0 aromatic heterocycles. The molecule has 0 aliphatic carbocycles. The van der Waals surface area contributed by atoms with Crippen molar-refractivity contribution in [3.63, 3.8) is 0 Å². The van der Waals surface area contributed by atoms with Crippen LogP contribution >= 0.6 is 0 Å². The molecule has 24 heavy (non-hydrogen) atoms. The van der Waals surface area contributed by atoms with Gasteiger partial charge in [0.2, 0.25) is 7.14 Å². The number of hydrogen-bond donors (Lipinski definition) is 0. The van der Waals surface area contributed by atoms with Gasteiger partial charge in [-0.3, -0.25) is 20.2 Å². The fourth-order valence-electron chi connectivity index (χ4n) is 1.42. The van der Waals surface area contributed by atoms with Crippen molar-refractivity contribution in [1.29, 1.82) is 0 Å². The summed E-state index contributed by atoms with van der Waals surface area (Å²) in [6.07, 6.45) is 0. The van der Waals surface area contributed by atoms with Gasteiger partial charge in [-0.15, -0.1) is 0 Å². The Bertz CT molecular complexity index is 683. The molecule has 0 spiro atoms. The van der Waals surface area contributed by atoms with Crippen molar-refractivity contribution >= 4 is 18.6 Å². The Morgan fingerprint density at radius 2 is 1.12 bits per heavy atom. The van der Waals surface area contributed by atoms with Gasteiger partial charge in [-0.25, -0.2) is 0 Å². The van der Waals surface area contributed by atoms with Crippen molar-refractivity contribution in [1.82, 2.24) is 0 Å². The number of non-ortho nitro benzene ring substituents is 2. The third-order valence-electron chi connectivity index (χ3n) is 2.26. The minimum Gasteiger partial charge on any atom is -0.418 e. The predicted molar refractivity (Wildman–Crippen MR) is 73.8 cm³/mol. The molecule has 0 atom stereocenters. The van der Waals surface area contributed by atoms with Gasteiger partial charge in [0.05, 0.1) is 22.0 Å². The van der Waals surface area contributed by atoms with Crippen LogP contribution in [0.4, 0.5) is 28.6 Å². The van der Waals surface area contributed by atoms with E-state index in [-0.39, 0.29) is 11.4 Å². The first kappa shape index (κ1) is 19.8. The van der Waals surface area contributed by atoms with Gasteiger partial charge in [-0.2, -0.15) is 0 Å². The zero-order valence-electron chi connectivity index (χ0n) is 11.6. The van der Waals surface area contributed by atoms with E-state index >= 15 is 0 Å². The standard InChI is InChI=1S/C12H8IN2O4.BF4/c16-14(17)11-5-1-3-9(7-11)13-10-4-2-6-12(8-10)15(18)19;2-1(3,4)5/h1-8H;/q+1;-1. The molecule has 2 aromatic carbocycles. The van der Waals surface area contributed by atoms with E-state index in [2.05, 4.69) is 0 Å². The van der Waals surface area contributed by atoms with Crippen LogP contribution < -0.4 is 21.2 Å². The first-order valence-corrected chi connectivity index (χ1v) is 8.23. The molecule has 0 fully saturated rings. The Hall–Kier alpha value is -2.25. The van der Waals surface area contributed by atoms with E-state index in [0.717, 1.165) is 7.14 Å². The third-order valence-corrected chi connectivity index (χ3v) is 4.84. The highest BCUT2D eigenvalue weighted by molar-refractivity contribution is 6.50. The van der Waals surface area contributed by atoms with E-state index in [1.54, 1.807) is 24.3 Å². The molecule has 6 nitrogen and oxygen atoms in total. The molecular weight excluding hydrogens is 450 g/mol. The van der Waals surface area contributed by atoms with Crippen LogP contribution in [0.2, 0.25) is 0 Å². The van der Waals surface area contributed by atoms with Crippen molar-refractivity contribution < 1.29 is 48.3 Å². The van der Waals surface area contributed by atoms with Gasteiger partial charge in [0.15, 0.2) is 0 Å². The lowest BCUT2D eigenvalue weighted by atomic mass is 10.3.